The molecule has 43 heteroatoms. The zero-order valence-corrected chi connectivity index (χ0v) is 77.3. The predicted octanol–water partition coefficient (Wildman–Crippen LogP) is -4.26. The molecule has 20 N–H and O–H groups in total. The van der Waals surface area contributed by atoms with Gasteiger partial charge in [-0.25, -0.2) is 14.4 Å². The number of carboxylic acid groups (broad SMARTS) is 1. The monoisotopic (exact) mass is 1840 g/mol. The van der Waals surface area contributed by atoms with Crippen molar-refractivity contribution in [3.05, 3.63) is 35.9 Å². The lowest BCUT2D eigenvalue weighted by molar-refractivity contribution is -0.148. The first kappa shape index (κ1) is 116. The Kier molecular flexibility index (Phi) is 53.3. The summed E-state index contributed by atoms with van der Waals surface area (Å²) in [6, 6.07) is 0.0884. The van der Waals surface area contributed by atoms with Crippen molar-refractivity contribution in [1.29, 1.82) is 0 Å². The van der Waals surface area contributed by atoms with Gasteiger partial charge in [-0.3, -0.25) is 62.4 Å². The second kappa shape index (κ2) is 59.3. The van der Waals surface area contributed by atoms with Crippen molar-refractivity contribution in [3.8, 4) is 0 Å². The van der Waals surface area contributed by atoms with Gasteiger partial charge in [0.05, 0.1) is 107 Å². The third-order valence-corrected chi connectivity index (χ3v) is 22.1. The largest absolute Gasteiger partial charge is 0.480 e. The molecule has 1 saturated heterocycles. The van der Waals surface area contributed by atoms with Gasteiger partial charge in [0.2, 0.25) is 59.1 Å². The molecule has 11 amide bonds. The minimum atomic E-state index is -2.18. The molecular weight excluding hydrogens is 1700 g/mol. The average molecular weight is 1840 g/mol. The van der Waals surface area contributed by atoms with Gasteiger partial charge in [-0.05, 0) is 81.9 Å². The van der Waals surface area contributed by atoms with E-state index in [1.54, 1.807) is 68.2 Å². The van der Waals surface area contributed by atoms with Gasteiger partial charge in [-0.1, -0.05) is 106 Å². The molecule has 736 valence electrons. The summed E-state index contributed by atoms with van der Waals surface area (Å²) >= 11 is 0. The summed E-state index contributed by atoms with van der Waals surface area (Å²) in [4.78, 5) is 208. The quantitative estimate of drug-likeness (QED) is 0.0217. The number of Topliss-reactive ketones (excluding diaryl/α,β-unsaturated/α-hetero) is 2. The molecule has 1 fully saturated rings. The fraction of sp³-hybridized carbons (Fsp3) is 0.756. The zero-order valence-electron chi connectivity index (χ0n) is 77.3. The van der Waals surface area contributed by atoms with Crippen LogP contribution in [0, 0.1) is 35.0 Å². The molecule has 129 heavy (non-hydrogen) atoms. The number of carboxylic acids is 1. The summed E-state index contributed by atoms with van der Waals surface area (Å²) in [7, 11) is 8.19. The van der Waals surface area contributed by atoms with Crippen molar-refractivity contribution in [3.63, 3.8) is 0 Å². The van der Waals surface area contributed by atoms with Crippen LogP contribution in [-0.2, 0) is 97.2 Å². The molecule has 0 aromatic heterocycles. The van der Waals surface area contributed by atoms with Crippen LogP contribution < -0.4 is 47.9 Å². The van der Waals surface area contributed by atoms with E-state index in [2.05, 4.69) is 47.9 Å². The van der Waals surface area contributed by atoms with Crippen LogP contribution in [0.4, 0.5) is 4.79 Å². The molecule has 0 spiro atoms. The average Bonchev–Trinajstić information content (AvgIpc) is 1.79. The van der Waals surface area contributed by atoms with E-state index < -0.39 is 277 Å². The number of alkyl carbamates (subject to hydrolysis) is 1. The number of aliphatic hydroxyl groups is 10. The lowest BCUT2D eigenvalue weighted by Crippen LogP contribution is -2.59. The van der Waals surface area contributed by atoms with Crippen LogP contribution in [0.1, 0.15) is 165 Å². The maximum atomic E-state index is 14.6. The van der Waals surface area contributed by atoms with Crippen molar-refractivity contribution in [2.75, 3.05) is 108 Å². The first-order chi connectivity index (χ1) is 60.5. The van der Waals surface area contributed by atoms with Crippen LogP contribution in [-0.4, -0.2) is 377 Å². The van der Waals surface area contributed by atoms with E-state index in [-0.39, 0.29) is 86.3 Å². The number of carbonyl (C=O) groups excluding carboxylic acids is 14. The fourth-order valence-corrected chi connectivity index (χ4v) is 14.4. The second-order valence-corrected chi connectivity index (χ2v) is 34.9. The third kappa shape index (κ3) is 41.5. The number of amides is 11. The number of aliphatic carboxylic acids is 1. The molecule has 0 aliphatic carbocycles. The normalized spacial score (nSPS) is 17.6. The van der Waals surface area contributed by atoms with Crippen LogP contribution in [0.5, 0.6) is 0 Å². The minimum absolute atomic E-state index is 0.0237. The lowest BCUT2D eigenvalue weighted by Gasteiger charge is -2.41. The maximum absolute atomic E-state index is 14.6. The highest BCUT2D eigenvalue weighted by Gasteiger charge is 2.45. The van der Waals surface area contributed by atoms with E-state index in [1.165, 1.54) is 21.1 Å². The van der Waals surface area contributed by atoms with E-state index >= 15 is 0 Å². The molecule has 1 aliphatic heterocycles. The Bertz CT molecular complexity index is 3680. The fourth-order valence-electron chi connectivity index (χ4n) is 14.4. The highest BCUT2D eigenvalue weighted by atomic mass is 16.6. The first-order valence-corrected chi connectivity index (χ1v) is 43.7. The van der Waals surface area contributed by atoms with Gasteiger partial charge in [-0.2, -0.15) is 0 Å². The summed E-state index contributed by atoms with van der Waals surface area (Å²) in [5.74, 6) is -14.5. The lowest BCUT2D eigenvalue weighted by atomic mass is 9.89. The molecule has 43 nitrogen and oxygen atoms in total. The molecule has 0 bridgehead atoms. The Labute approximate surface area is 754 Å². The van der Waals surface area contributed by atoms with Crippen molar-refractivity contribution >= 4 is 88.7 Å². The number of carbonyl (C=O) groups is 15. The Morgan fingerprint density at radius 2 is 1.17 bits per heavy atom. The summed E-state index contributed by atoms with van der Waals surface area (Å²) in [5, 5.41) is 132. The topological polar surface area (TPSA) is 643 Å². The zero-order chi connectivity index (χ0) is 97.9. The molecule has 0 saturated carbocycles. The molecule has 21 atom stereocenters. The van der Waals surface area contributed by atoms with E-state index in [0.29, 0.717) is 38.0 Å². The number of likely N-dealkylation sites (N-methyl/N-ethyl adjacent to an activating group) is 2. The maximum Gasteiger partial charge on any atom is 0.407 e. The minimum Gasteiger partial charge on any atom is -0.480 e. The van der Waals surface area contributed by atoms with Crippen molar-refractivity contribution in [1.82, 2.24) is 62.6 Å². The summed E-state index contributed by atoms with van der Waals surface area (Å²) in [6.45, 7) is 15.1. The smallest absolute Gasteiger partial charge is 0.407 e. The molecule has 1 aromatic carbocycles. The van der Waals surface area contributed by atoms with Crippen LogP contribution in [0.3, 0.4) is 0 Å². The standard InChI is InChI=1S/C86H146N12O31/c1-17-49(6)71(97(14)82(120)69(47(2)3)95-81(119)70(48(4)5)96(12)13)64(125-15)40-68(110)98-34-21-25-59(98)76(126-16)50(7)77(115)94-57(37-52-23-19-18-20-24-52)80(118)87-32-22-35-128-84(123)51(8)91-67(109)39-58(83(121)122)92-66(108)30-33-88-85(124)129-45-53(38-55(102)41-89-65(107)31-36-127-46-86(9,10)11)78(116)93-56(79(117)90-42-61(104)73(112)75(114)63(106)44-100)28-26-54(101)27-29-60(103)72(111)74(113)62(105)43-99/h18-20,23-24,47-51,53,56-64,69-76,99-100,103-106,111-114H,17,21-22,25-46H2,1-16H3,(H,87,118)(H,88,124)(H,89,107)(H,90,117)(H,91,109)(H,92,108)(H,93,116)(H,94,115)(H,95,119)(H,121,122)/t49-,50+,51-,53-,56-,57-,58-,59-,60-,61-,62+,63+,64+,69-,70-,71-,72+,73+,74+,75+,76+/m0/s1. The van der Waals surface area contributed by atoms with Crippen LogP contribution in [0.15, 0.2) is 30.3 Å². The second-order valence-electron chi connectivity index (χ2n) is 34.9. The van der Waals surface area contributed by atoms with Crippen molar-refractivity contribution in [2.45, 2.75) is 275 Å². The first-order valence-electron chi connectivity index (χ1n) is 43.7. The summed E-state index contributed by atoms with van der Waals surface area (Å²) in [6.07, 6.45) is -22.2. The SMILES string of the molecule is CC[C@H](C)[C@@H]([C@@H](CC(=O)N1CCC[C@H]1[C@H](OC)[C@@H](C)C(=O)N[C@@H](Cc1ccccc1)C(=O)NCCCOC(=O)[C@H](C)NC(=O)C[C@H](NC(=O)CCNC(=O)OC[C@H](CC(=O)CNC(=O)CCOCC(C)(C)C)C(=O)N[C@@H](CCC(=O)CC[C@H](O)[C@@H](O)[C@H](O)[C@H](O)CO)C(=O)NC[C@H](O)[C@@H](O)[C@H](O)[C@H](O)CO)C(=O)O)OC)N(C)C(=O)[C@@H](NC(=O)[C@H](C(C)C)N(C)C)C(C)C. The third-order valence-electron chi connectivity index (χ3n) is 22.1. The van der Waals surface area contributed by atoms with Gasteiger partial charge >= 0.3 is 18.0 Å². The number of esters is 1. The molecule has 0 radical (unpaired) electrons. The Hall–Kier alpha value is -9.09. The number of hydrogen-bond donors (Lipinski definition) is 20. The number of ketones is 2. The number of hydrogen-bond acceptors (Lipinski definition) is 31. The van der Waals surface area contributed by atoms with Gasteiger partial charge in [0.25, 0.3) is 0 Å². The molecule has 1 aliphatic rings. The number of rotatable bonds is 63. The Morgan fingerprint density at radius 1 is 0.574 bits per heavy atom. The van der Waals surface area contributed by atoms with Crippen molar-refractivity contribution in [2.24, 2.45) is 35.0 Å². The highest BCUT2D eigenvalue weighted by Crippen LogP contribution is 2.31. The van der Waals surface area contributed by atoms with E-state index in [9.17, 15) is 123 Å². The van der Waals surface area contributed by atoms with Crippen LogP contribution in [0.2, 0.25) is 0 Å². The molecular formula is C86H146N12O31. The predicted molar refractivity (Wildman–Crippen MR) is 463 cm³/mol. The van der Waals surface area contributed by atoms with Gasteiger partial charge in [0, 0.05) is 86.0 Å². The number of benzene rings is 1. The summed E-state index contributed by atoms with van der Waals surface area (Å²) in [5.41, 5.74) is 0.466. The number of aliphatic hydroxyl groups excluding tert-OH is 10. The molecule has 2 rings (SSSR count). The van der Waals surface area contributed by atoms with Crippen molar-refractivity contribution < 1.29 is 152 Å². The summed E-state index contributed by atoms with van der Waals surface area (Å²) < 4.78 is 28.2. The van der Waals surface area contributed by atoms with Gasteiger partial charge in [0.1, 0.15) is 79.2 Å². The van der Waals surface area contributed by atoms with Gasteiger partial charge < -0.3 is 138 Å². The Balaban J connectivity index is 2.17. The highest BCUT2D eigenvalue weighted by molar-refractivity contribution is 5.95. The van der Waals surface area contributed by atoms with Crippen LogP contribution >= 0.6 is 0 Å². The molecule has 1 aromatic rings. The van der Waals surface area contributed by atoms with Gasteiger partial charge in [-0.15, -0.1) is 0 Å². The number of nitrogens with one attached hydrogen (secondary N) is 9. The molecule has 0 unspecified atom stereocenters. The van der Waals surface area contributed by atoms with E-state index in [4.69, 9.17) is 28.8 Å². The Morgan fingerprint density at radius 3 is 1.74 bits per heavy atom. The number of nitrogens with zero attached hydrogens (tertiary/aromatic N) is 3. The number of likely N-dealkylation sites (tertiary alicyclic amines) is 1. The molecule has 1 heterocycles. The number of methoxy groups -OCH3 is 2. The van der Waals surface area contributed by atoms with E-state index in [0.717, 1.165) is 0 Å². The van der Waals surface area contributed by atoms with E-state index in [1.807, 2.05) is 67.2 Å². The van der Waals surface area contributed by atoms with Crippen LogP contribution in [0.25, 0.3) is 0 Å². The van der Waals surface area contributed by atoms with Gasteiger partial charge in [0.15, 0.2) is 5.78 Å². The number of ether oxygens (including phenoxy) is 5.